The minimum Gasteiger partial charge on any atom is -0.477 e. The first kappa shape index (κ1) is 15.9. The number of carboxylic acids is 1. The summed E-state index contributed by atoms with van der Waals surface area (Å²) in [5.74, 6) is -0.886. The number of aromatic nitrogens is 1. The third-order valence-electron chi connectivity index (χ3n) is 2.77. The van der Waals surface area contributed by atoms with E-state index in [4.69, 9.17) is 4.74 Å². The molecule has 1 aromatic heterocycles. The van der Waals surface area contributed by atoms with Crippen LogP contribution in [-0.2, 0) is 11.2 Å². The molecule has 0 radical (unpaired) electrons. The molecule has 108 valence electrons. The van der Waals surface area contributed by atoms with Crippen LogP contribution in [0.4, 0.5) is 5.13 Å². The van der Waals surface area contributed by atoms with Crippen LogP contribution in [0.15, 0.2) is 0 Å². The van der Waals surface area contributed by atoms with Crippen LogP contribution < -0.4 is 4.90 Å². The smallest absolute Gasteiger partial charge is 0.347 e. The van der Waals surface area contributed by atoms with E-state index in [0.717, 1.165) is 11.6 Å². The fourth-order valence-corrected chi connectivity index (χ4v) is 2.91. The lowest BCUT2D eigenvalue weighted by molar-refractivity contribution is 0.0700. The molecular weight excluding hydrogens is 264 g/mol. The van der Waals surface area contributed by atoms with Crippen LogP contribution in [0, 0.1) is 0 Å². The second-order valence-corrected chi connectivity index (χ2v) is 5.58. The van der Waals surface area contributed by atoms with Crippen molar-refractivity contribution in [3.63, 3.8) is 0 Å². The molecule has 0 aliphatic carbocycles. The molecule has 0 atom stereocenters. The van der Waals surface area contributed by atoms with Crippen molar-refractivity contribution >= 4 is 22.4 Å². The number of ether oxygens (including phenoxy) is 1. The monoisotopic (exact) mass is 286 g/mol. The number of aromatic carboxylic acids is 1. The fourth-order valence-electron chi connectivity index (χ4n) is 1.80. The topological polar surface area (TPSA) is 62.7 Å². The van der Waals surface area contributed by atoms with Crippen molar-refractivity contribution in [2.45, 2.75) is 39.7 Å². The molecule has 0 fully saturated rings. The molecule has 0 bridgehead atoms. The molecule has 5 nitrogen and oxygen atoms in total. The average molecular weight is 286 g/mol. The Bertz CT molecular complexity index is 418. The predicted molar refractivity (Wildman–Crippen MR) is 77.4 cm³/mol. The van der Waals surface area contributed by atoms with Crippen molar-refractivity contribution in [3.05, 3.63) is 10.6 Å². The first-order valence-electron chi connectivity index (χ1n) is 6.49. The lowest BCUT2D eigenvalue weighted by atomic mass is 10.2. The largest absolute Gasteiger partial charge is 0.477 e. The van der Waals surface area contributed by atoms with Crippen molar-refractivity contribution in [2.75, 3.05) is 25.2 Å². The maximum absolute atomic E-state index is 11.2. The lowest BCUT2D eigenvalue weighted by Crippen LogP contribution is -2.33. The molecule has 1 N–H and O–H groups in total. The summed E-state index contributed by atoms with van der Waals surface area (Å²) in [6.45, 7) is 7.47. The molecule has 19 heavy (non-hydrogen) atoms. The number of carboxylic acid groups (broad SMARTS) is 1. The van der Waals surface area contributed by atoms with Crippen molar-refractivity contribution < 1.29 is 14.6 Å². The Morgan fingerprint density at radius 2 is 2.21 bits per heavy atom. The standard InChI is InChI=1S/C13H22N2O3S/c1-5-6-10-11(12(16)17)19-13(14-10)15(9(2)3)7-8-18-4/h9H,5-8H2,1-4H3,(H,16,17). The molecule has 0 spiro atoms. The van der Waals surface area contributed by atoms with Gasteiger partial charge in [-0.1, -0.05) is 24.7 Å². The summed E-state index contributed by atoms with van der Waals surface area (Å²) in [6, 6.07) is 0.262. The number of hydrogen-bond donors (Lipinski definition) is 1. The maximum Gasteiger partial charge on any atom is 0.347 e. The van der Waals surface area contributed by atoms with Gasteiger partial charge >= 0.3 is 5.97 Å². The molecule has 0 unspecified atom stereocenters. The van der Waals surface area contributed by atoms with Gasteiger partial charge in [0.1, 0.15) is 4.88 Å². The van der Waals surface area contributed by atoms with Gasteiger partial charge in [0.25, 0.3) is 0 Å². The molecule has 1 heterocycles. The van der Waals surface area contributed by atoms with E-state index in [-0.39, 0.29) is 6.04 Å². The number of hydrogen-bond acceptors (Lipinski definition) is 5. The normalized spacial score (nSPS) is 11.0. The van der Waals surface area contributed by atoms with Crippen LogP contribution in [0.3, 0.4) is 0 Å². The maximum atomic E-state index is 11.2. The summed E-state index contributed by atoms with van der Waals surface area (Å²) in [5, 5.41) is 10.0. The lowest BCUT2D eigenvalue weighted by Gasteiger charge is -2.25. The van der Waals surface area contributed by atoms with E-state index in [9.17, 15) is 9.90 Å². The van der Waals surface area contributed by atoms with Gasteiger partial charge in [-0.25, -0.2) is 9.78 Å². The first-order valence-corrected chi connectivity index (χ1v) is 7.31. The zero-order valence-corrected chi connectivity index (χ0v) is 12.8. The third-order valence-corrected chi connectivity index (χ3v) is 3.90. The number of aryl methyl sites for hydroxylation is 1. The van der Waals surface area contributed by atoms with E-state index in [1.165, 1.54) is 11.3 Å². The highest BCUT2D eigenvalue weighted by molar-refractivity contribution is 7.17. The number of carbonyl (C=O) groups is 1. The Balaban J connectivity index is 3.02. The highest BCUT2D eigenvalue weighted by Gasteiger charge is 2.21. The second-order valence-electron chi connectivity index (χ2n) is 4.61. The number of rotatable bonds is 8. The van der Waals surface area contributed by atoms with Crippen molar-refractivity contribution in [1.29, 1.82) is 0 Å². The summed E-state index contributed by atoms with van der Waals surface area (Å²) in [5.41, 5.74) is 0.693. The van der Waals surface area contributed by atoms with E-state index in [1.54, 1.807) is 7.11 Å². The summed E-state index contributed by atoms with van der Waals surface area (Å²) in [7, 11) is 1.66. The summed E-state index contributed by atoms with van der Waals surface area (Å²) in [6.07, 6.45) is 1.59. The van der Waals surface area contributed by atoms with Gasteiger partial charge in [-0.15, -0.1) is 0 Å². The Hall–Kier alpha value is -1.14. The SMILES string of the molecule is CCCc1nc(N(CCOC)C(C)C)sc1C(=O)O. The zero-order chi connectivity index (χ0) is 14.4. The van der Waals surface area contributed by atoms with Gasteiger partial charge < -0.3 is 14.7 Å². The quantitative estimate of drug-likeness (QED) is 0.796. The number of methoxy groups -OCH3 is 1. The summed E-state index contributed by atoms with van der Waals surface area (Å²) < 4.78 is 5.09. The minimum atomic E-state index is -0.886. The van der Waals surface area contributed by atoms with Crippen LogP contribution in [0.1, 0.15) is 42.6 Å². The first-order chi connectivity index (χ1) is 9.01. The summed E-state index contributed by atoms with van der Waals surface area (Å²) >= 11 is 1.25. The van der Waals surface area contributed by atoms with Crippen LogP contribution >= 0.6 is 11.3 Å². The number of nitrogens with zero attached hydrogens (tertiary/aromatic N) is 2. The van der Waals surface area contributed by atoms with Crippen LogP contribution in [0.2, 0.25) is 0 Å². The van der Waals surface area contributed by atoms with Crippen LogP contribution in [0.5, 0.6) is 0 Å². The third kappa shape index (κ3) is 4.18. The molecule has 0 aliphatic heterocycles. The van der Waals surface area contributed by atoms with E-state index in [0.29, 0.717) is 30.1 Å². The van der Waals surface area contributed by atoms with Gasteiger partial charge in [-0.3, -0.25) is 0 Å². The van der Waals surface area contributed by atoms with E-state index < -0.39 is 5.97 Å². The highest BCUT2D eigenvalue weighted by atomic mass is 32.1. The van der Waals surface area contributed by atoms with Crippen molar-refractivity contribution in [2.24, 2.45) is 0 Å². The Labute approximate surface area is 118 Å². The predicted octanol–water partition coefficient (Wildman–Crippen LogP) is 2.66. The zero-order valence-electron chi connectivity index (χ0n) is 12.0. The number of thiazole rings is 1. The highest BCUT2D eigenvalue weighted by Crippen LogP contribution is 2.28. The molecule has 1 aromatic rings. The molecule has 0 aromatic carbocycles. The van der Waals surface area contributed by atoms with E-state index in [1.807, 2.05) is 6.92 Å². The molecule has 6 heteroatoms. The van der Waals surface area contributed by atoms with Gasteiger partial charge in [0.05, 0.1) is 12.3 Å². The van der Waals surface area contributed by atoms with Gasteiger partial charge in [0, 0.05) is 19.7 Å². The van der Waals surface area contributed by atoms with Crippen molar-refractivity contribution in [1.82, 2.24) is 4.98 Å². The van der Waals surface area contributed by atoms with Crippen LogP contribution in [0.25, 0.3) is 0 Å². The molecular formula is C13H22N2O3S. The molecule has 0 saturated heterocycles. The van der Waals surface area contributed by atoms with E-state index in [2.05, 4.69) is 23.7 Å². The van der Waals surface area contributed by atoms with Crippen LogP contribution in [-0.4, -0.2) is 42.4 Å². The average Bonchev–Trinajstić information content (AvgIpc) is 2.74. The van der Waals surface area contributed by atoms with Gasteiger partial charge in [-0.05, 0) is 20.3 Å². The molecule has 1 rings (SSSR count). The van der Waals surface area contributed by atoms with Gasteiger partial charge in [0.2, 0.25) is 0 Å². The fraction of sp³-hybridized carbons (Fsp3) is 0.692. The Morgan fingerprint density at radius 3 is 2.68 bits per heavy atom. The van der Waals surface area contributed by atoms with Gasteiger partial charge in [0.15, 0.2) is 5.13 Å². The molecule has 0 saturated carbocycles. The molecule has 0 amide bonds. The summed E-state index contributed by atoms with van der Waals surface area (Å²) in [4.78, 5) is 18.2. The Kier molecular flexibility index (Phi) is 6.24. The second kappa shape index (κ2) is 7.45. The number of anilines is 1. The van der Waals surface area contributed by atoms with Gasteiger partial charge in [-0.2, -0.15) is 0 Å². The Morgan fingerprint density at radius 1 is 1.53 bits per heavy atom. The minimum absolute atomic E-state index is 0.262. The van der Waals surface area contributed by atoms with Crippen molar-refractivity contribution in [3.8, 4) is 0 Å². The molecule has 0 aliphatic rings. The van der Waals surface area contributed by atoms with E-state index >= 15 is 0 Å².